The van der Waals surface area contributed by atoms with Gasteiger partial charge in [0.1, 0.15) is 11.6 Å². The van der Waals surface area contributed by atoms with Crippen LogP contribution in [-0.2, 0) is 9.53 Å². The molecule has 0 amide bonds. The van der Waals surface area contributed by atoms with Crippen molar-refractivity contribution >= 4 is 5.97 Å². The van der Waals surface area contributed by atoms with Gasteiger partial charge < -0.3 is 15.8 Å². The van der Waals surface area contributed by atoms with Crippen LogP contribution in [0.15, 0.2) is 0 Å². The van der Waals surface area contributed by atoms with Gasteiger partial charge in [0.15, 0.2) is 0 Å². The number of carbonyl (C=O) groups excluding carboxylic acids is 1. The highest BCUT2D eigenvalue weighted by Crippen LogP contribution is 2.50. The summed E-state index contributed by atoms with van der Waals surface area (Å²) in [6, 6.07) is -0.429. The minimum Gasteiger partial charge on any atom is -0.459 e. The molecule has 0 aromatic rings. The Morgan fingerprint density at radius 1 is 1.40 bits per heavy atom. The SMILES string of the molecule is CC(C)(C)OC(=O)C(N)C1C2CNCC21. The number of piperidine rings is 1. The summed E-state index contributed by atoms with van der Waals surface area (Å²) in [5, 5.41) is 3.29. The van der Waals surface area contributed by atoms with Crippen LogP contribution in [0.2, 0.25) is 0 Å². The lowest BCUT2D eigenvalue weighted by Crippen LogP contribution is -2.41. The number of nitrogens with two attached hydrogens (primary N) is 1. The van der Waals surface area contributed by atoms with Crippen LogP contribution in [0.3, 0.4) is 0 Å². The van der Waals surface area contributed by atoms with Crippen LogP contribution in [0.1, 0.15) is 20.8 Å². The Balaban J connectivity index is 1.87. The van der Waals surface area contributed by atoms with Gasteiger partial charge >= 0.3 is 5.97 Å². The van der Waals surface area contributed by atoms with Crippen molar-refractivity contribution in [3.8, 4) is 0 Å². The highest BCUT2D eigenvalue weighted by molar-refractivity contribution is 5.77. The first kappa shape index (κ1) is 10.9. The third kappa shape index (κ3) is 2.16. The molecule has 15 heavy (non-hydrogen) atoms. The molecule has 1 aliphatic heterocycles. The second-order valence-corrected chi connectivity index (χ2v) is 5.62. The Kier molecular flexibility index (Phi) is 2.51. The van der Waals surface area contributed by atoms with Gasteiger partial charge in [0, 0.05) is 0 Å². The first-order chi connectivity index (χ1) is 6.90. The molecule has 0 spiro atoms. The lowest BCUT2D eigenvalue weighted by molar-refractivity contribution is -0.157. The fourth-order valence-electron chi connectivity index (χ4n) is 2.53. The van der Waals surface area contributed by atoms with Crippen molar-refractivity contribution in [1.82, 2.24) is 5.32 Å². The molecule has 2 aliphatic rings. The summed E-state index contributed by atoms with van der Waals surface area (Å²) >= 11 is 0. The van der Waals surface area contributed by atoms with Gasteiger partial charge in [-0.2, -0.15) is 0 Å². The standard InChI is InChI=1S/C11H20N2O2/c1-11(2,3)15-10(14)9(12)8-6-4-13-5-7(6)8/h6-9,13H,4-5,12H2,1-3H3. The summed E-state index contributed by atoms with van der Waals surface area (Å²) in [6.07, 6.45) is 0. The second-order valence-electron chi connectivity index (χ2n) is 5.62. The smallest absolute Gasteiger partial charge is 0.323 e. The van der Waals surface area contributed by atoms with Crippen molar-refractivity contribution in [2.45, 2.75) is 32.4 Å². The normalized spacial score (nSPS) is 35.9. The zero-order valence-electron chi connectivity index (χ0n) is 9.62. The van der Waals surface area contributed by atoms with E-state index >= 15 is 0 Å². The lowest BCUT2D eigenvalue weighted by Gasteiger charge is -2.22. The lowest BCUT2D eigenvalue weighted by atomic mass is 10.1. The molecule has 1 saturated heterocycles. The Morgan fingerprint density at radius 2 is 1.93 bits per heavy atom. The maximum Gasteiger partial charge on any atom is 0.323 e. The number of ether oxygens (including phenoxy) is 1. The molecule has 86 valence electrons. The third-order valence-electron chi connectivity index (χ3n) is 3.25. The Hall–Kier alpha value is -0.610. The van der Waals surface area contributed by atoms with Crippen LogP contribution in [0, 0.1) is 17.8 Å². The molecule has 2 fully saturated rings. The van der Waals surface area contributed by atoms with E-state index in [2.05, 4.69) is 5.32 Å². The Morgan fingerprint density at radius 3 is 2.40 bits per heavy atom. The van der Waals surface area contributed by atoms with Gasteiger partial charge in [-0.25, -0.2) is 0 Å². The molecule has 4 heteroatoms. The number of nitrogens with one attached hydrogen (secondary N) is 1. The quantitative estimate of drug-likeness (QED) is 0.638. The number of carbonyl (C=O) groups is 1. The van der Waals surface area contributed by atoms with Crippen molar-refractivity contribution in [3.05, 3.63) is 0 Å². The summed E-state index contributed by atoms with van der Waals surface area (Å²) < 4.78 is 5.28. The maximum atomic E-state index is 11.7. The van der Waals surface area contributed by atoms with Gasteiger partial charge in [0.2, 0.25) is 0 Å². The molecule has 0 aromatic carbocycles. The first-order valence-electron chi connectivity index (χ1n) is 5.59. The van der Waals surface area contributed by atoms with E-state index in [0.717, 1.165) is 13.1 Å². The van der Waals surface area contributed by atoms with Crippen molar-refractivity contribution in [3.63, 3.8) is 0 Å². The summed E-state index contributed by atoms with van der Waals surface area (Å²) in [6.45, 7) is 7.62. The van der Waals surface area contributed by atoms with Crippen molar-refractivity contribution in [2.75, 3.05) is 13.1 Å². The number of fused-ring (bicyclic) bond motifs is 1. The summed E-state index contributed by atoms with van der Waals surface area (Å²) in [5.74, 6) is 1.31. The molecule has 1 saturated carbocycles. The van der Waals surface area contributed by atoms with Gasteiger partial charge in [-0.15, -0.1) is 0 Å². The first-order valence-corrected chi connectivity index (χ1v) is 5.59. The van der Waals surface area contributed by atoms with Crippen LogP contribution in [0.4, 0.5) is 0 Å². The highest BCUT2D eigenvalue weighted by atomic mass is 16.6. The van der Waals surface area contributed by atoms with Crippen LogP contribution in [0.25, 0.3) is 0 Å². The molecule has 0 bridgehead atoms. The zero-order valence-corrected chi connectivity index (χ0v) is 9.62. The molecule has 3 atom stereocenters. The van der Waals surface area contributed by atoms with E-state index in [-0.39, 0.29) is 5.97 Å². The Bertz CT molecular complexity index is 262. The monoisotopic (exact) mass is 212 g/mol. The van der Waals surface area contributed by atoms with Gasteiger partial charge in [-0.3, -0.25) is 4.79 Å². The molecule has 0 aromatic heterocycles. The predicted octanol–water partition coefficient (Wildman–Crippen LogP) is 0.121. The number of rotatable bonds is 2. The number of hydrogen-bond acceptors (Lipinski definition) is 4. The van der Waals surface area contributed by atoms with E-state index in [4.69, 9.17) is 10.5 Å². The molecule has 3 N–H and O–H groups in total. The van der Waals surface area contributed by atoms with E-state index in [1.807, 2.05) is 20.8 Å². The van der Waals surface area contributed by atoms with E-state index in [1.165, 1.54) is 0 Å². The largest absolute Gasteiger partial charge is 0.459 e. The van der Waals surface area contributed by atoms with Crippen LogP contribution in [-0.4, -0.2) is 30.7 Å². The van der Waals surface area contributed by atoms with Gasteiger partial charge in [0.05, 0.1) is 0 Å². The zero-order chi connectivity index (χ0) is 11.2. The molecule has 2 rings (SSSR count). The van der Waals surface area contributed by atoms with Crippen molar-refractivity contribution in [1.29, 1.82) is 0 Å². The summed E-state index contributed by atoms with van der Waals surface area (Å²) in [4.78, 5) is 11.7. The molecule has 1 heterocycles. The minimum absolute atomic E-state index is 0.248. The van der Waals surface area contributed by atoms with Gasteiger partial charge in [0.25, 0.3) is 0 Å². The predicted molar refractivity (Wildman–Crippen MR) is 57.2 cm³/mol. The van der Waals surface area contributed by atoms with Crippen molar-refractivity contribution in [2.24, 2.45) is 23.5 Å². The topological polar surface area (TPSA) is 64.3 Å². The molecule has 1 aliphatic carbocycles. The average Bonchev–Trinajstić information content (AvgIpc) is 2.54. The fourth-order valence-corrected chi connectivity index (χ4v) is 2.53. The van der Waals surface area contributed by atoms with Crippen LogP contribution in [0.5, 0.6) is 0 Å². The van der Waals surface area contributed by atoms with Crippen LogP contribution >= 0.6 is 0 Å². The van der Waals surface area contributed by atoms with E-state index in [1.54, 1.807) is 0 Å². The van der Waals surface area contributed by atoms with E-state index in [0.29, 0.717) is 17.8 Å². The number of hydrogen-bond donors (Lipinski definition) is 2. The number of esters is 1. The average molecular weight is 212 g/mol. The third-order valence-corrected chi connectivity index (χ3v) is 3.25. The van der Waals surface area contributed by atoms with Crippen LogP contribution < -0.4 is 11.1 Å². The molecular weight excluding hydrogens is 192 g/mol. The van der Waals surface area contributed by atoms with Gasteiger partial charge in [-0.05, 0) is 51.6 Å². The summed E-state index contributed by atoms with van der Waals surface area (Å²) in [7, 11) is 0. The maximum absolute atomic E-state index is 11.7. The van der Waals surface area contributed by atoms with E-state index in [9.17, 15) is 4.79 Å². The molecule has 0 radical (unpaired) electrons. The molecular formula is C11H20N2O2. The van der Waals surface area contributed by atoms with Gasteiger partial charge in [-0.1, -0.05) is 0 Å². The molecule has 4 nitrogen and oxygen atoms in total. The summed E-state index contributed by atoms with van der Waals surface area (Å²) in [5.41, 5.74) is 5.48. The highest BCUT2D eigenvalue weighted by Gasteiger charge is 2.57. The molecule has 3 unspecified atom stereocenters. The fraction of sp³-hybridized carbons (Fsp3) is 0.909. The second kappa shape index (κ2) is 3.46. The van der Waals surface area contributed by atoms with Crippen molar-refractivity contribution < 1.29 is 9.53 Å². The Labute approximate surface area is 90.5 Å². The van der Waals surface area contributed by atoms with E-state index < -0.39 is 11.6 Å². The minimum atomic E-state index is -0.434.